The lowest BCUT2D eigenvalue weighted by molar-refractivity contribution is 0.590. The van der Waals surface area contributed by atoms with Gasteiger partial charge in [0.05, 0.1) is 0 Å². The van der Waals surface area contributed by atoms with E-state index in [9.17, 15) is 0 Å². The highest BCUT2D eigenvalue weighted by atomic mass is 127. The fourth-order valence-corrected chi connectivity index (χ4v) is 3.62. The van der Waals surface area contributed by atoms with Crippen LogP contribution in [-0.4, -0.2) is 0 Å². The van der Waals surface area contributed by atoms with Crippen molar-refractivity contribution in [3.63, 3.8) is 0 Å². The Hall–Kier alpha value is -1.81. The minimum Gasteiger partial charge on any atom is -0.311 e. The highest BCUT2D eigenvalue weighted by Gasteiger charge is 2.18. The van der Waals surface area contributed by atoms with Crippen LogP contribution in [0.15, 0.2) is 72.8 Å². The van der Waals surface area contributed by atoms with Gasteiger partial charge in [0.15, 0.2) is 0 Å². The molecular formula is C26H30IN. The molecule has 3 aromatic carbocycles. The van der Waals surface area contributed by atoms with Crippen LogP contribution in [0.2, 0.25) is 0 Å². The van der Waals surface area contributed by atoms with Gasteiger partial charge in [0.25, 0.3) is 0 Å². The summed E-state index contributed by atoms with van der Waals surface area (Å²) in [7, 11) is 0. The van der Waals surface area contributed by atoms with Gasteiger partial charge in [-0.25, -0.2) is 0 Å². The molecule has 28 heavy (non-hydrogen) atoms. The molecule has 1 nitrogen and oxygen atoms in total. The fourth-order valence-electron chi connectivity index (χ4n) is 3.26. The molecule has 0 bridgehead atoms. The molecule has 2 heteroatoms. The number of hydrogen-bond donors (Lipinski definition) is 0. The van der Waals surface area contributed by atoms with Crippen LogP contribution in [0.1, 0.15) is 52.7 Å². The molecule has 0 spiro atoms. The Labute approximate surface area is 183 Å². The second-order valence-corrected chi connectivity index (χ2v) is 10.7. The third-order valence-corrected chi connectivity index (χ3v) is 5.79. The number of nitrogens with zero attached hydrogens (tertiary/aromatic N) is 1. The van der Waals surface area contributed by atoms with Crippen molar-refractivity contribution in [3.05, 3.63) is 87.5 Å². The molecule has 0 saturated carbocycles. The quantitative estimate of drug-likeness (QED) is 0.339. The van der Waals surface area contributed by atoms with Crippen molar-refractivity contribution in [2.75, 3.05) is 4.90 Å². The lowest BCUT2D eigenvalue weighted by atomic mass is 9.86. The molecule has 0 aromatic heterocycles. The molecule has 0 amide bonds. The Morgan fingerprint density at radius 2 is 0.786 bits per heavy atom. The fraction of sp³-hybridized carbons (Fsp3) is 0.308. The van der Waals surface area contributed by atoms with E-state index < -0.39 is 0 Å². The predicted molar refractivity (Wildman–Crippen MR) is 131 cm³/mol. The molecule has 0 aliphatic heterocycles. The van der Waals surface area contributed by atoms with E-state index in [2.05, 4.69) is 142 Å². The maximum absolute atomic E-state index is 2.36. The summed E-state index contributed by atoms with van der Waals surface area (Å²) in [5.74, 6) is 0. The third-order valence-electron chi connectivity index (χ3n) is 5.07. The Morgan fingerprint density at radius 1 is 0.500 bits per heavy atom. The SMILES string of the molecule is CC(C)(C)c1ccc(N(c2ccc(I)cc2)c2ccc(C(C)(C)C)cc2)cc1. The van der Waals surface area contributed by atoms with Crippen molar-refractivity contribution in [3.8, 4) is 0 Å². The average molecular weight is 483 g/mol. The Morgan fingerprint density at radius 3 is 1.07 bits per heavy atom. The zero-order valence-corrected chi connectivity index (χ0v) is 19.9. The van der Waals surface area contributed by atoms with E-state index in [4.69, 9.17) is 0 Å². The third kappa shape index (κ3) is 4.78. The van der Waals surface area contributed by atoms with E-state index in [-0.39, 0.29) is 10.8 Å². The maximum atomic E-state index is 2.36. The molecule has 3 rings (SSSR count). The van der Waals surface area contributed by atoms with Gasteiger partial charge in [0, 0.05) is 20.6 Å². The van der Waals surface area contributed by atoms with E-state index in [0.29, 0.717) is 0 Å². The molecule has 0 heterocycles. The molecule has 0 unspecified atom stereocenters. The highest BCUT2D eigenvalue weighted by molar-refractivity contribution is 14.1. The van der Waals surface area contributed by atoms with Crippen molar-refractivity contribution in [2.24, 2.45) is 0 Å². The molecule has 146 valence electrons. The Balaban J connectivity index is 2.06. The molecule has 0 fully saturated rings. The Kier molecular flexibility index (Phi) is 5.90. The van der Waals surface area contributed by atoms with Crippen LogP contribution < -0.4 is 4.90 Å². The van der Waals surface area contributed by atoms with Crippen LogP contribution in [0.4, 0.5) is 17.1 Å². The summed E-state index contributed by atoms with van der Waals surface area (Å²) >= 11 is 2.36. The minimum absolute atomic E-state index is 0.153. The average Bonchev–Trinajstić information content (AvgIpc) is 2.63. The molecule has 0 radical (unpaired) electrons. The van der Waals surface area contributed by atoms with Gasteiger partial charge in [-0.2, -0.15) is 0 Å². The number of halogens is 1. The van der Waals surface area contributed by atoms with Crippen LogP contribution in [0.5, 0.6) is 0 Å². The number of hydrogen-bond acceptors (Lipinski definition) is 1. The van der Waals surface area contributed by atoms with E-state index >= 15 is 0 Å². The van der Waals surface area contributed by atoms with Crippen molar-refractivity contribution in [1.29, 1.82) is 0 Å². The van der Waals surface area contributed by atoms with Crippen LogP contribution >= 0.6 is 22.6 Å². The van der Waals surface area contributed by atoms with Crippen molar-refractivity contribution < 1.29 is 0 Å². The summed E-state index contributed by atoms with van der Waals surface area (Å²) in [5.41, 5.74) is 6.54. The minimum atomic E-state index is 0.153. The van der Waals surface area contributed by atoms with Gasteiger partial charge in [-0.15, -0.1) is 0 Å². The lowest BCUT2D eigenvalue weighted by Gasteiger charge is -2.28. The van der Waals surface area contributed by atoms with Gasteiger partial charge >= 0.3 is 0 Å². The van der Waals surface area contributed by atoms with E-state index in [0.717, 1.165) is 0 Å². The first-order valence-electron chi connectivity index (χ1n) is 9.82. The summed E-state index contributed by atoms with van der Waals surface area (Å²) in [6.45, 7) is 13.5. The van der Waals surface area contributed by atoms with E-state index in [1.54, 1.807) is 0 Å². The topological polar surface area (TPSA) is 3.24 Å². The summed E-state index contributed by atoms with van der Waals surface area (Å²) in [4.78, 5) is 2.33. The van der Waals surface area contributed by atoms with Crippen LogP contribution in [0, 0.1) is 3.57 Å². The zero-order valence-electron chi connectivity index (χ0n) is 17.8. The first kappa shape index (κ1) is 20.9. The second kappa shape index (κ2) is 7.90. The van der Waals surface area contributed by atoms with Crippen LogP contribution in [0.25, 0.3) is 0 Å². The van der Waals surface area contributed by atoms with Gasteiger partial charge in [-0.3, -0.25) is 0 Å². The van der Waals surface area contributed by atoms with Crippen molar-refractivity contribution in [1.82, 2.24) is 0 Å². The molecular weight excluding hydrogens is 453 g/mol. The van der Waals surface area contributed by atoms with Gasteiger partial charge in [0.2, 0.25) is 0 Å². The largest absolute Gasteiger partial charge is 0.311 e. The van der Waals surface area contributed by atoms with Crippen LogP contribution in [0.3, 0.4) is 0 Å². The number of rotatable bonds is 3. The van der Waals surface area contributed by atoms with Gasteiger partial charge < -0.3 is 4.90 Å². The van der Waals surface area contributed by atoms with Gasteiger partial charge in [-0.05, 0) is 93.1 Å². The van der Waals surface area contributed by atoms with Gasteiger partial charge in [-0.1, -0.05) is 65.8 Å². The molecule has 0 atom stereocenters. The highest BCUT2D eigenvalue weighted by Crippen LogP contribution is 2.37. The standard InChI is InChI=1S/C26H30IN/c1-25(2,3)19-7-13-22(14-8-19)28(24-17-11-21(27)12-18-24)23-15-9-20(10-16-23)26(4,5)6/h7-18H,1-6H3. The normalized spacial score (nSPS) is 12.1. The molecule has 0 saturated heterocycles. The Bertz CT molecular complexity index is 851. The lowest BCUT2D eigenvalue weighted by Crippen LogP contribution is -2.14. The number of benzene rings is 3. The first-order valence-corrected chi connectivity index (χ1v) is 10.9. The zero-order chi connectivity index (χ0) is 20.5. The second-order valence-electron chi connectivity index (χ2n) is 9.41. The molecule has 0 aliphatic rings. The first-order chi connectivity index (χ1) is 13.1. The van der Waals surface area contributed by atoms with E-state index in [1.807, 2.05) is 0 Å². The summed E-state index contributed by atoms with van der Waals surface area (Å²) in [5, 5.41) is 0. The van der Waals surface area contributed by atoms with Crippen molar-refractivity contribution in [2.45, 2.75) is 52.4 Å². The molecule has 3 aromatic rings. The van der Waals surface area contributed by atoms with Crippen molar-refractivity contribution >= 4 is 39.7 Å². The van der Waals surface area contributed by atoms with Gasteiger partial charge in [0.1, 0.15) is 0 Å². The summed E-state index contributed by atoms with van der Waals surface area (Å²) in [6.07, 6.45) is 0. The predicted octanol–water partition coefficient (Wildman–Crippen LogP) is 8.36. The smallest absolute Gasteiger partial charge is 0.0462 e. The maximum Gasteiger partial charge on any atom is 0.0462 e. The van der Waals surface area contributed by atoms with E-state index in [1.165, 1.54) is 31.8 Å². The van der Waals surface area contributed by atoms with Crippen LogP contribution in [-0.2, 0) is 10.8 Å². The summed E-state index contributed by atoms with van der Waals surface area (Å²) < 4.78 is 1.24. The number of anilines is 3. The summed E-state index contributed by atoms with van der Waals surface area (Å²) in [6, 6.07) is 26.6. The molecule has 0 aliphatic carbocycles. The molecule has 0 N–H and O–H groups in total. The monoisotopic (exact) mass is 483 g/mol.